The van der Waals surface area contributed by atoms with Gasteiger partial charge in [-0.15, -0.1) is 0 Å². The third kappa shape index (κ3) is 5.03. The van der Waals surface area contributed by atoms with Crippen molar-refractivity contribution >= 4 is 23.3 Å². The first-order chi connectivity index (χ1) is 12.4. The van der Waals surface area contributed by atoms with E-state index in [1.807, 2.05) is 0 Å². The molecule has 1 atom stereocenters. The number of carbonyl (C=O) groups is 2. The van der Waals surface area contributed by atoms with Crippen LogP contribution in [0.5, 0.6) is 0 Å². The van der Waals surface area contributed by atoms with Crippen LogP contribution in [0.3, 0.4) is 0 Å². The predicted octanol–water partition coefficient (Wildman–Crippen LogP) is 2.72. The molecule has 0 aliphatic rings. The molecule has 1 amide bonds. The van der Waals surface area contributed by atoms with Gasteiger partial charge >= 0.3 is 5.97 Å². The van der Waals surface area contributed by atoms with E-state index in [2.05, 4.69) is 10.6 Å². The highest BCUT2D eigenvalue weighted by Gasteiger charge is 2.21. The Morgan fingerprint density at radius 2 is 1.96 bits per heavy atom. The van der Waals surface area contributed by atoms with Crippen molar-refractivity contribution in [2.24, 2.45) is 0 Å². The zero-order valence-electron chi connectivity index (χ0n) is 14.6. The number of para-hydroxylation sites is 1. The zero-order chi connectivity index (χ0) is 19.1. The Hall–Kier alpha value is -2.93. The Kier molecular flexibility index (Phi) is 6.68. The highest BCUT2D eigenvalue weighted by Crippen LogP contribution is 2.18. The average molecular weight is 360 g/mol. The molecule has 0 spiro atoms. The van der Waals surface area contributed by atoms with Crippen LogP contribution < -0.4 is 10.6 Å². The maximum atomic E-state index is 13.5. The van der Waals surface area contributed by atoms with Gasteiger partial charge in [-0.2, -0.15) is 0 Å². The van der Waals surface area contributed by atoms with Crippen LogP contribution in [-0.2, 0) is 9.53 Å². The number of halogens is 1. The summed E-state index contributed by atoms with van der Waals surface area (Å²) in [5.41, 5.74) is 1.50. The van der Waals surface area contributed by atoms with Crippen LogP contribution in [0.4, 0.5) is 15.8 Å². The second-order valence-corrected chi connectivity index (χ2v) is 5.70. The van der Waals surface area contributed by atoms with Crippen molar-refractivity contribution in [2.45, 2.75) is 20.0 Å². The van der Waals surface area contributed by atoms with Gasteiger partial charge in [0, 0.05) is 17.9 Å². The summed E-state index contributed by atoms with van der Waals surface area (Å²) in [6, 6.07) is 11.0. The number of aliphatic hydroxyl groups is 1. The molecular formula is C19H21FN2O4. The SMILES string of the molecule is Cc1ccc(NC(=O)[C@H](C)OC(=O)c2ccccc2NCCO)cc1F. The summed E-state index contributed by atoms with van der Waals surface area (Å²) < 4.78 is 18.7. The fraction of sp³-hybridized carbons (Fsp3) is 0.263. The topological polar surface area (TPSA) is 87.7 Å². The van der Waals surface area contributed by atoms with Crippen molar-refractivity contribution in [1.29, 1.82) is 0 Å². The molecule has 0 heterocycles. The summed E-state index contributed by atoms with van der Waals surface area (Å²) in [6.45, 7) is 3.24. The standard InChI is InChI=1S/C19H21FN2O4/c1-12-7-8-14(11-16(12)20)22-18(24)13(2)26-19(25)15-5-3-4-6-17(15)21-9-10-23/h3-8,11,13,21,23H,9-10H2,1-2H3,(H,22,24)/t13-/m0/s1. The number of aliphatic hydroxyl groups excluding tert-OH is 1. The van der Waals surface area contributed by atoms with Crippen LogP contribution in [0.2, 0.25) is 0 Å². The lowest BCUT2D eigenvalue weighted by atomic mass is 10.1. The number of ether oxygens (including phenoxy) is 1. The zero-order valence-corrected chi connectivity index (χ0v) is 14.6. The van der Waals surface area contributed by atoms with E-state index in [9.17, 15) is 14.0 Å². The van der Waals surface area contributed by atoms with Crippen LogP contribution in [0.25, 0.3) is 0 Å². The van der Waals surface area contributed by atoms with Gasteiger partial charge in [0.1, 0.15) is 5.82 Å². The molecule has 0 fully saturated rings. The number of hydrogen-bond donors (Lipinski definition) is 3. The number of amides is 1. The molecule has 2 aromatic carbocycles. The third-order valence-corrected chi connectivity index (χ3v) is 3.67. The van der Waals surface area contributed by atoms with Crippen LogP contribution >= 0.6 is 0 Å². The Bertz CT molecular complexity index is 795. The van der Waals surface area contributed by atoms with E-state index in [0.717, 1.165) is 0 Å². The highest BCUT2D eigenvalue weighted by atomic mass is 19.1. The molecule has 0 aliphatic heterocycles. The Morgan fingerprint density at radius 3 is 2.65 bits per heavy atom. The Labute approximate surface area is 151 Å². The number of esters is 1. The summed E-state index contributed by atoms with van der Waals surface area (Å²) >= 11 is 0. The molecule has 7 heteroatoms. The second-order valence-electron chi connectivity index (χ2n) is 5.70. The van der Waals surface area contributed by atoms with E-state index in [0.29, 0.717) is 11.3 Å². The molecule has 26 heavy (non-hydrogen) atoms. The molecule has 0 radical (unpaired) electrons. The van der Waals surface area contributed by atoms with E-state index < -0.39 is 23.8 Å². The van der Waals surface area contributed by atoms with Crippen molar-refractivity contribution in [2.75, 3.05) is 23.8 Å². The summed E-state index contributed by atoms with van der Waals surface area (Å²) in [5, 5.41) is 14.3. The van der Waals surface area contributed by atoms with Crippen LogP contribution in [0.15, 0.2) is 42.5 Å². The van der Waals surface area contributed by atoms with Gasteiger partial charge in [-0.25, -0.2) is 9.18 Å². The van der Waals surface area contributed by atoms with E-state index in [1.54, 1.807) is 43.3 Å². The number of aryl methyl sites for hydroxylation is 1. The number of hydrogen-bond acceptors (Lipinski definition) is 5. The average Bonchev–Trinajstić information content (AvgIpc) is 2.63. The largest absolute Gasteiger partial charge is 0.449 e. The van der Waals surface area contributed by atoms with Crippen molar-refractivity contribution in [1.82, 2.24) is 0 Å². The Balaban J connectivity index is 2.02. The molecule has 0 saturated carbocycles. The van der Waals surface area contributed by atoms with Gasteiger partial charge in [-0.3, -0.25) is 4.79 Å². The minimum absolute atomic E-state index is 0.0880. The quantitative estimate of drug-likeness (QED) is 0.661. The van der Waals surface area contributed by atoms with Gasteiger partial charge in [0.2, 0.25) is 0 Å². The smallest absolute Gasteiger partial charge is 0.341 e. The number of rotatable bonds is 7. The first-order valence-corrected chi connectivity index (χ1v) is 8.14. The van der Waals surface area contributed by atoms with Gasteiger partial charge in [-0.05, 0) is 43.7 Å². The molecule has 3 N–H and O–H groups in total. The molecule has 2 rings (SSSR count). The lowest BCUT2D eigenvalue weighted by Crippen LogP contribution is -2.30. The fourth-order valence-electron chi connectivity index (χ4n) is 2.20. The van der Waals surface area contributed by atoms with Crippen LogP contribution in [0, 0.1) is 12.7 Å². The van der Waals surface area contributed by atoms with Gasteiger partial charge < -0.3 is 20.5 Å². The van der Waals surface area contributed by atoms with E-state index in [-0.39, 0.29) is 24.4 Å². The third-order valence-electron chi connectivity index (χ3n) is 3.67. The molecule has 0 aromatic heterocycles. The van der Waals surface area contributed by atoms with Crippen LogP contribution in [0.1, 0.15) is 22.8 Å². The van der Waals surface area contributed by atoms with E-state index in [4.69, 9.17) is 9.84 Å². The minimum Gasteiger partial charge on any atom is -0.449 e. The number of anilines is 2. The minimum atomic E-state index is -1.07. The van der Waals surface area contributed by atoms with Crippen molar-refractivity contribution in [3.63, 3.8) is 0 Å². The van der Waals surface area contributed by atoms with Gasteiger partial charge in [0.05, 0.1) is 12.2 Å². The molecule has 138 valence electrons. The monoisotopic (exact) mass is 360 g/mol. The lowest BCUT2D eigenvalue weighted by Gasteiger charge is -2.15. The molecule has 0 aliphatic carbocycles. The molecular weight excluding hydrogens is 339 g/mol. The lowest BCUT2D eigenvalue weighted by molar-refractivity contribution is -0.123. The summed E-state index contributed by atoms with van der Waals surface area (Å²) in [4.78, 5) is 24.5. The van der Waals surface area contributed by atoms with Crippen molar-refractivity contribution in [3.8, 4) is 0 Å². The predicted molar refractivity (Wildman–Crippen MR) is 96.7 cm³/mol. The summed E-state index contributed by atoms with van der Waals surface area (Å²) in [6.07, 6.45) is -1.07. The first-order valence-electron chi connectivity index (χ1n) is 8.14. The normalized spacial score (nSPS) is 11.5. The molecule has 6 nitrogen and oxygen atoms in total. The van der Waals surface area contributed by atoms with Crippen molar-refractivity contribution < 1.29 is 23.8 Å². The summed E-state index contributed by atoms with van der Waals surface area (Å²) in [5.74, 6) is -1.68. The van der Waals surface area contributed by atoms with Gasteiger partial charge in [0.15, 0.2) is 6.10 Å². The molecule has 0 bridgehead atoms. The molecule has 2 aromatic rings. The highest BCUT2D eigenvalue weighted by molar-refractivity contribution is 5.99. The second kappa shape index (κ2) is 8.96. The molecule has 0 saturated heterocycles. The number of carbonyl (C=O) groups excluding carboxylic acids is 2. The molecule has 0 unspecified atom stereocenters. The number of benzene rings is 2. The van der Waals surface area contributed by atoms with E-state index in [1.165, 1.54) is 13.0 Å². The summed E-state index contributed by atoms with van der Waals surface area (Å²) in [7, 11) is 0. The van der Waals surface area contributed by atoms with Crippen molar-refractivity contribution in [3.05, 3.63) is 59.4 Å². The van der Waals surface area contributed by atoms with E-state index >= 15 is 0 Å². The van der Waals surface area contributed by atoms with Gasteiger partial charge in [0.25, 0.3) is 5.91 Å². The first kappa shape index (κ1) is 19.4. The maximum absolute atomic E-state index is 13.5. The number of nitrogens with one attached hydrogen (secondary N) is 2. The van der Waals surface area contributed by atoms with Gasteiger partial charge in [-0.1, -0.05) is 18.2 Å². The maximum Gasteiger partial charge on any atom is 0.341 e. The fourth-order valence-corrected chi connectivity index (χ4v) is 2.20. The Morgan fingerprint density at radius 1 is 1.23 bits per heavy atom. The van der Waals surface area contributed by atoms with Crippen LogP contribution in [-0.4, -0.2) is 36.2 Å².